The zero-order chi connectivity index (χ0) is 10.4. The van der Waals surface area contributed by atoms with Gasteiger partial charge in [-0.3, -0.25) is 0 Å². The molecule has 0 spiro atoms. The molecule has 0 saturated heterocycles. The lowest BCUT2D eigenvalue weighted by molar-refractivity contribution is 0.175. The van der Waals surface area contributed by atoms with E-state index in [4.69, 9.17) is 6.42 Å². The minimum atomic E-state index is 0.280. The third-order valence-electron chi connectivity index (χ3n) is 3.46. The van der Waals surface area contributed by atoms with Crippen molar-refractivity contribution in [3.05, 3.63) is 0 Å². The summed E-state index contributed by atoms with van der Waals surface area (Å²) < 4.78 is 0. The molecule has 0 aromatic heterocycles. The highest BCUT2D eigenvalue weighted by molar-refractivity contribution is 5.07. The lowest BCUT2D eigenvalue weighted by Gasteiger charge is -2.38. The summed E-state index contributed by atoms with van der Waals surface area (Å²) in [4.78, 5) is 0. The lowest BCUT2D eigenvalue weighted by atomic mass is 9.71. The van der Waals surface area contributed by atoms with E-state index in [1.165, 1.54) is 32.1 Å². The van der Waals surface area contributed by atoms with Gasteiger partial charge in [-0.05, 0) is 31.2 Å². The van der Waals surface area contributed by atoms with E-state index in [9.17, 15) is 0 Å². The zero-order valence-corrected chi connectivity index (χ0v) is 9.60. The van der Waals surface area contributed by atoms with Crippen LogP contribution in [0.3, 0.4) is 0 Å². The predicted molar refractivity (Wildman–Crippen MR) is 62.1 cm³/mol. The van der Waals surface area contributed by atoms with Gasteiger partial charge in [-0.2, -0.15) is 0 Å². The highest BCUT2D eigenvalue weighted by Gasteiger charge is 2.33. The van der Waals surface area contributed by atoms with E-state index in [1.54, 1.807) is 0 Å². The normalized spacial score (nSPS) is 22.6. The first-order valence-corrected chi connectivity index (χ1v) is 5.92. The van der Waals surface area contributed by atoms with Gasteiger partial charge in [-0.15, -0.1) is 6.42 Å². The molecule has 0 aromatic carbocycles. The molecule has 1 nitrogen and oxygen atoms in total. The van der Waals surface area contributed by atoms with Crippen LogP contribution in [0.25, 0.3) is 0 Å². The number of rotatable bonds is 4. The second-order valence-electron chi connectivity index (χ2n) is 4.77. The summed E-state index contributed by atoms with van der Waals surface area (Å²) in [6, 6.07) is 0.280. The summed E-state index contributed by atoms with van der Waals surface area (Å²) in [7, 11) is 0. The van der Waals surface area contributed by atoms with Gasteiger partial charge < -0.3 is 5.32 Å². The first kappa shape index (κ1) is 11.6. The maximum atomic E-state index is 5.62. The molecule has 1 aliphatic carbocycles. The van der Waals surface area contributed by atoms with Crippen LogP contribution in [0.1, 0.15) is 52.4 Å². The van der Waals surface area contributed by atoms with Gasteiger partial charge in [0.1, 0.15) is 0 Å². The van der Waals surface area contributed by atoms with Crippen LogP contribution in [-0.4, -0.2) is 12.6 Å². The van der Waals surface area contributed by atoms with Gasteiger partial charge in [0.15, 0.2) is 0 Å². The molecule has 1 heteroatoms. The van der Waals surface area contributed by atoms with Gasteiger partial charge in [-0.1, -0.05) is 39.0 Å². The summed E-state index contributed by atoms with van der Waals surface area (Å²) in [6.07, 6.45) is 13.4. The van der Waals surface area contributed by atoms with Crippen molar-refractivity contribution in [2.24, 2.45) is 5.41 Å². The van der Waals surface area contributed by atoms with Gasteiger partial charge in [0, 0.05) is 0 Å². The van der Waals surface area contributed by atoms with Crippen LogP contribution in [0, 0.1) is 17.8 Å². The molecule has 0 bridgehead atoms. The highest BCUT2D eigenvalue weighted by atomic mass is 14.9. The van der Waals surface area contributed by atoms with E-state index in [2.05, 4.69) is 25.1 Å². The van der Waals surface area contributed by atoms with Crippen LogP contribution in [0.5, 0.6) is 0 Å². The smallest absolute Gasteiger partial charge is 0.0741 e. The van der Waals surface area contributed by atoms with E-state index < -0.39 is 0 Å². The van der Waals surface area contributed by atoms with Crippen LogP contribution >= 0.6 is 0 Å². The minimum absolute atomic E-state index is 0.280. The average Bonchev–Trinajstić information content (AvgIpc) is 2.20. The average molecular weight is 193 g/mol. The molecule has 1 aliphatic rings. The third kappa shape index (κ3) is 2.75. The molecule has 1 N–H and O–H groups in total. The van der Waals surface area contributed by atoms with Crippen LogP contribution in [0.15, 0.2) is 0 Å². The quantitative estimate of drug-likeness (QED) is 0.677. The van der Waals surface area contributed by atoms with Crippen molar-refractivity contribution in [2.45, 2.75) is 58.4 Å². The van der Waals surface area contributed by atoms with E-state index in [0.29, 0.717) is 5.41 Å². The largest absolute Gasteiger partial charge is 0.303 e. The van der Waals surface area contributed by atoms with Crippen LogP contribution in [0.2, 0.25) is 0 Å². The Balaban J connectivity index is 2.52. The maximum Gasteiger partial charge on any atom is 0.0741 e. The minimum Gasteiger partial charge on any atom is -0.303 e. The fourth-order valence-electron chi connectivity index (χ4n) is 2.44. The van der Waals surface area contributed by atoms with Gasteiger partial charge >= 0.3 is 0 Å². The standard InChI is InChI=1S/C13H23N/c1-4-11-14-12(5-2)13(3)9-7-6-8-10-13/h2,12,14H,4,6-11H2,1,3H3. The number of hydrogen-bond donors (Lipinski definition) is 1. The monoisotopic (exact) mass is 193 g/mol. The molecule has 0 radical (unpaired) electrons. The highest BCUT2D eigenvalue weighted by Crippen LogP contribution is 2.38. The maximum absolute atomic E-state index is 5.62. The van der Waals surface area contributed by atoms with E-state index in [0.717, 1.165) is 13.0 Å². The molecular weight excluding hydrogens is 170 g/mol. The Kier molecular flexibility index (Phi) is 4.48. The predicted octanol–water partition coefficient (Wildman–Crippen LogP) is 2.96. The number of nitrogens with one attached hydrogen (secondary N) is 1. The van der Waals surface area contributed by atoms with Crippen molar-refractivity contribution in [2.75, 3.05) is 6.54 Å². The molecule has 1 atom stereocenters. The molecule has 1 rings (SSSR count). The molecule has 0 heterocycles. The Bertz CT molecular complexity index is 196. The van der Waals surface area contributed by atoms with Crippen molar-refractivity contribution in [3.63, 3.8) is 0 Å². The molecule has 1 saturated carbocycles. The molecule has 0 amide bonds. The zero-order valence-electron chi connectivity index (χ0n) is 9.60. The van der Waals surface area contributed by atoms with Crippen molar-refractivity contribution >= 4 is 0 Å². The Hall–Kier alpha value is -0.480. The molecular formula is C13H23N. The molecule has 0 aromatic rings. The summed E-state index contributed by atoms with van der Waals surface area (Å²) in [5, 5.41) is 3.49. The van der Waals surface area contributed by atoms with Gasteiger partial charge in [0.25, 0.3) is 0 Å². The van der Waals surface area contributed by atoms with Crippen molar-refractivity contribution < 1.29 is 0 Å². The van der Waals surface area contributed by atoms with Crippen LogP contribution in [0.4, 0.5) is 0 Å². The lowest BCUT2D eigenvalue weighted by Crippen LogP contribution is -2.44. The molecule has 0 aliphatic heterocycles. The van der Waals surface area contributed by atoms with Crippen molar-refractivity contribution in [1.29, 1.82) is 0 Å². The summed E-state index contributed by atoms with van der Waals surface area (Å²) in [5.41, 5.74) is 0.349. The van der Waals surface area contributed by atoms with Gasteiger partial charge in [0.05, 0.1) is 6.04 Å². The first-order chi connectivity index (χ1) is 6.73. The molecule has 14 heavy (non-hydrogen) atoms. The molecule has 80 valence electrons. The van der Waals surface area contributed by atoms with Gasteiger partial charge in [-0.25, -0.2) is 0 Å². The van der Waals surface area contributed by atoms with E-state index in [-0.39, 0.29) is 6.04 Å². The molecule has 1 fully saturated rings. The second-order valence-corrected chi connectivity index (χ2v) is 4.77. The topological polar surface area (TPSA) is 12.0 Å². The Morgan fingerprint density at radius 2 is 2.00 bits per heavy atom. The second kappa shape index (κ2) is 5.41. The number of terminal acetylenes is 1. The van der Waals surface area contributed by atoms with Crippen molar-refractivity contribution in [3.8, 4) is 12.3 Å². The van der Waals surface area contributed by atoms with Gasteiger partial charge in [0.2, 0.25) is 0 Å². The first-order valence-electron chi connectivity index (χ1n) is 5.92. The Morgan fingerprint density at radius 3 is 2.50 bits per heavy atom. The Morgan fingerprint density at radius 1 is 1.36 bits per heavy atom. The van der Waals surface area contributed by atoms with E-state index in [1.807, 2.05) is 0 Å². The van der Waals surface area contributed by atoms with E-state index >= 15 is 0 Å². The summed E-state index contributed by atoms with van der Waals surface area (Å²) in [6.45, 7) is 5.58. The van der Waals surface area contributed by atoms with Crippen LogP contribution < -0.4 is 5.32 Å². The van der Waals surface area contributed by atoms with Crippen LogP contribution in [-0.2, 0) is 0 Å². The molecule has 1 unspecified atom stereocenters. The Labute approximate surface area is 88.7 Å². The SMILES string of the molecule is C#CC(NCCC)C1(C)CCCCC1. The number of hydrogen-bond acceptors (Lipinski definition) is 1. The fraction of sp³-hybridized carbons (Fsp3) is 0.846. The fourth-order valence-corrected chi connectivity index (χ4v) is 2.44. The summed E-state index contributed by atoms with van der Waals surface area (Å²) >= 11 is 0. The summed E-state index contributed by atoms with van der Waals surface area (Å²) in [5.74, 6) is 2.94. The third-order valence-corrected chi connectivity index (χ3v) is 3.46. The van der Waals surface area contributed by atoms with Crippen molar-refractivity contribution in [1.82, 2.24) is 5.32 Å².